The molecular weight excluding hydrogens is 214 g/mol. The monoisotopic (exact) mass is 231 g/mol. The first-order valence-corrected chi connectivity index (χ1v) is 5.75. The van der Waals surface area contributed by atoms with Crippen molar-refractivity contribution in [1.29, 1.82) is 0 Å². The van der Waals surface area contributed by atoms with Crippen molar-refractivity contribution >= 4 is 5.69 Å². The van der Waals surface area contributed by atoms with Gasteiger partial charge in [0.2, 0.25) is 0 Å². The van der Waals surface area contributed by atoms with Gasteiger partial charge < -0.3 is 15.5 Å². The Bertz CT molecular complexity index is 453. The van der Waals surface area contributed by atoms with Crippen molar-refractivity contribution in [3.63, 3.8) is 0 Å². The van der Waals surface area contributed by atoms with Crippen molar-refractivity contribution in [2.24, 2.45) is 0 Å². The summed E-state index contributed by atoms with van der Waals surface area (Å²) < 4.78 is 5.12. The highest BCUT2D eigenvalue weighted by Crippen LogP contribution is 2.21. The molecule has 0 saturated carbocycles. The second-order valence-electron chi connectivity index (χ2n) is 3.95. The summed E-state index contributed by atoms with van der Waals surface area (Å²) >= 11 is 0. The van der Waals surface area contributed by atoms with Crippen LogP contribution in [0.2, 0.25) is 0 Å². The Balaban J connectivity index is 2.16. The van der Waals surface area contributed by atoms with Gasteiger partial charge in [0.1, 0.15) is 0 Å². The lowest BCUT2D eigenvalue weighted by Gasteiger charge is -2.17. The molecule has 4 nitrogen and oxygen atoms in total. The van der Waals surface area contributed by atoms with E-state index < -0.39 is 0 Å². The molecule has 0 aliphatic carbocycles. The molecule has 0 aromatic carbocycles. The highest BCUT2D eigenvalue weighted by Gasteiger charge is 2.13. The summed E-state index contributed by atoms with van der Waals surface area (Å²) in [5.41, 5.74) is 8.90. The van der Waals surface area contributed by atoms with Crippen LogP contribution >= 0.6 is 0 Å². The molecule has 0 spiro atoms. The van der Waals surface area contributed by atoms with Crippen molar-refractivity contribution in [3.05, 3.63) is 48.2 Å². The van der Waals surface area contributed by atoms with Gasteiger partial charge in [0, 0.05) is 29.7 Å². The average molecular weight is 231 g/mol. The number of likely N-dealkylation sites (N-methyl/N-ethyl adjacent to an activating group) is 1. The molecule has 2 heterocycles. The number of furan rings is 1. The molecule has 17 heavy (non-hydrogen) atoms. The molecule has 0 amide bonds. The average Bonchev–Trinajstić information content (AvgIpc) is 2.85. The van der Waals surface area contributed by atoms with Crippen molar-refractivity contribution in [1.82, 2.24) is 10.3 Å². The topological polar surface area (TPSA) is 64.1 Å². The molecule has 4 heteroatoms. The summed E-state index contributed by atoms with van der Waals surface area (Å²) in [6, 6.07) is 4.01. The zero-order valence-electron chi connectivity index (χ0n) is 9.89. The lowest BCUT2D eigenvalue weighted by molar-refractivity contribution is 0.525. The Morgan fingerprint density at radius 1 is 1.47 bits per heavy atom. The predicted molar refractivity (Wildman–Crippen MR) is 67.5 cm³/mol. The van der Waals surface area contributed by atoms with Gasteiger partial charge in [0.25, 0.3) is 0 Å². The smallest absolute Gasteiger partial charge is 0.0950 e. The largest absolute Gasteiger partial charge is 0.472 e. The molecule has 2 aromatic heterocycles. The molecule has 3 N–H and O–H groups in total. The normalized spacial score (nSPS) is 12.5. The van der Waals surface area contributed by atoms with Crippen molar-refractivity contribution in [2.45, 2.75) is 19.4 Å². The minimum atomic E-state index is 0.213. The van der Waals surface area contributed by atoms with Gasteiger partial charge in [-0.15, -0.1) is 0 Å². The van der Waals surface area contributed by atoms with Gasteiger partial charge in [-0.1, -0.05) is 6.92 Å². The maximum absolute atomic E-state index is 5.93. The van der Waals surface area contributed by atoms with E-state index in [1.54, 1.807) is 18.7 Å². The van der Waals surface area contributed by atoms with E-state index in [-0.39, 0.29) is 6.04 Å². The van der Waals surface area contributed by atoms with Gasteiger partial charge in [-0.25, -0.2) is 0 Å². The van der Waals surface area contributed by atoms with Crippen LogP contribution in [0.1, 0.15) is 24.1 Å². The van der Waals surface area contributed by atoms with E-state index in [0.29, 0.717) is 0 Å². The summed E-state index contributed by atoms with van der Waals surface area (Å²) in [4.78, 5) is 4.11. The fourth-order valence-corrected chi connectivity index (χ4v) is 1.86. The van der Waals surface area contributed by atoms with E-state index in [0.717, 1.165) is 29.8 Å². The second-order valence-corrected chi connectivity index (χ2v) is 3.95. The van der Waals surface area contributed by atoms with E-state index in [1.165, 1.54) is 0 Å². The van der Waals surface area contributed by atoms with Crippen LogP contribution in [0, 0.1) is 0 Å². The molecule has 90 valence electrons. The number of nitrogens with two attached hydrogens (primary N) is 1. The third kappa shape index (κ3) is 2.85. The zero-order valence-corrected chi connectivity index (χ0v) is 9.89. The Hall–Kier alpha value is -1.81. The number of nitrogens with zero attached hydrogens (tertiary/aromatic N) is 1. The van der Waals surface area contributed by atoms with Crippen molar-refractivity contribution < 1.29 is 4.42 Å². The molecule has 0 aliphatic rings. The van der Waals surface area contributed by atoms with Crippen molar-refractivity contribution in [2.75, 3.05) is 12.3 Å². The SMILES string of the molecule is CCNC(Cc1cnccc1N)c1ccoc1. The quantitative estimate of drug-likeness (QED) is 0.827. The van der Waals surface area contributed by atoms with Gasteiger partial charge in [-0.05, 0) is 30.7 Å². The molecule has 0 aliphatic heterocycles. The lowest BCUT2D eigenvalue weighted by Crippen LogP contribution is -2.22. The highest BCUT2D eigenvalue weighted by atomic mass is 16.3. The number of hydrogen-bond donors (Lipinski definition) is 2. The van der Waals surface area contributed by atoms with E-state index in [2.05, 4.69) is 17.2 Å². The molecule has 0 radical (unpaired) electrons. The Labute approximate surface area is 101 Å². The Morgan fingerprint density at radius 2 is 2.35 bits per heavy atom. The molecule has 0 fully saturated rings. The molecule has 2 rings (SSSR count). The van der Waals surface area contributed by atoms with Crippen LogP contribution in [0.5, 0.6) is 0 Å². The molecule has 0 bridgehead atoms. The van der Waals surface area contributed by atoms with Crippen LogP contribution in [0.3, 0.4) is 0 Å². The van der Waals surface area contributed by atoms with E-state index >= 15 is 0 Å². The van der Waals surface area contributed by atoms with Gasteiger partial charge in [-0.2, -0.15) is 0 Å². The number of aromatic nitrogens is 1. The van der Waals surface area contributed by atoms with Gasteiger partial charge in [0.05, 0.1) is 12.5 Å². The number of nitrogen functional groups attached to an aromatic ring is 1. The summed E-state index contributed by atoms with van der Waals surface area (Å²) in [6.07, 6.45) is 7.79. The molecular formula is C13H17N3O. The number of rotatable bonds is 5. The molecule has 1 atom stereocenters. The van der Waals surface area contributed by atoms with E-state index in [1.807, 2.05) is 18.3 Å². The summed E-state index contributed by atoms with van der Waals surface area (Å²) in [5.74, 6) is 0. The van der Waals surface area contributed by atoms with Crippen LogP contribution in [-0.4, -0.2) is 11.5 Å². The lowest BCUT2D eigenvalue weighted by atomic mass is 10.0. The summed E-state index contributed by atoms with van der Waals surface area (Å²) in [6.45, 7) is 2.98. The number of anilines is 1. The Kier molecular flexibility index (Phi) is 3.77. The van der Waals surface area contributed by atoms with Gasteiger partial charge in [-0.3, -0.25) is 4.98 Å². The number of hydrogen-bond acceptors (Lipinski definition) is 4. The first-order chi connectivity index (χ1) is 8.31. The van der Waals surface area contributed by atoms with E-state index in [4.69, 9.17) is 10.2 Å². The zero-order chi connectivity index (χ0) is 12.1. The second kappa shape index (κ2) is 5.50. The van der Waals surface area contributed by atoms with Crippen molar-refractivity contribution in [3.8, 4) is 0 Å². The van der Waals surface area contributed by atoms with Crippen LogP contribution in [0.15, 0.2) is 41.5 Å². The van der Waals surface area contributed by atoms with Crippen LogP contribution in [0.25, 0.3) is 0 Å². The van der Waals surface area contributed by atoms with Gasteiger partial charge >= 0.3 is 0 Å². The van der Waals surface area contributed by atoms with E-state index in [9.17, 15) is 0 Å². The first-order valence-electron chi connectivity index (χ1n) is 5.75. The minimum Gasteiger partial charge on any atom is -0.472 e. The third-order valence-electron chi connectivity index (χ3n) is 2.76. The molecule has 0 saturated heterocycles. The van der Waals surface area contributed by atoms with Crippen LogP contribution < -0.4 is 11.1 Å². The summed E-state index contributed by atoms with van der Waals surface area (Å²) in [5, 5.41) is 3.42. The molecule has 2 aromatic rings. The fraction of sp³-hybridized carbons (Fsp3) is 0.308. The maximum atomic E-state index is 5.93. The standard InChI is InChI=1S/C13H17N3O/c1-2-16-13(10-4-6-17-9-10)7-11-8-15-5-3-12(11)14/h3-6,8-9,13,16H,2,7H2,1H3,(H2,14,15). The minimum absolute atomic E-state index is 0.213. The number of pyridine rings is 1. The molecule has 1 unspecified atom stereocenters. The van der Waals surface area contributed by atoms with Crippen LogP contribution in [-0.2, 0) is 6.42 Å². The third-order valence-corrected chi connectivity index (χ3v) is 2.76. The van der Waals surface area contributed by atoms with Crippen LogP contribution in [0.4, 0.5) is 5.69 Å². The first kappa shape index (κ1) is 11.7. The fourth-order valence-electron chi connectivity index (χ4n) is 1.86. The predicted octanol–water partition coefficient (Wildman–Crippen LogP) is 2.15. The van der Waals surface area contributed by atoms with Gasteiger partial charge in [0.15, 0.2) is 0 Å². The number of nitrogens with one attached hydrogen (secondary N) is 1. The summed E-state index contributed by atoms with van der Waals surface area (Å²) in [7, 11) is 0. The highest BCUT2D eigenvalue weighted by molar-refractivity contribution is 5.45. The Morgan fingerprint density at radius 3 is 3.00 bits per heavy atom. The maximum Gasteiger partial charge on any atom is 0.0950 e.